The summed E-state index contributed by atoms with van der Waals surface area (Å²) >= 11 is 1.14. The maximum atomic E-state index is 12.2. The second-order valence-electron chi connectivity index (χ2n) is 4.44. The Kier molecular flexibility index (Phi) is 3.33. The maximum Gasteiger partial charge on any atom is 0.265 e. The molecular formula is C10H15N3O3S2. The second-order valence-corrected chi connectivity index (χ2v) is 7.70. The summed E-state index contributed by atoms with van der Waals surface area (Å²) in [4.78, 5) is 18.2. The lowest BCUT2D eigenvalue weighted by Crippen LogP contribution is -2.37. The van der Waals surface area contributed by atoms with E-state index in [1.54, 1.807) is 14.0 Å². The first-order valence-electron chi connectivity index (χ1n) is 5.50. The van der Waals surface area contributed by atoms with Gasteiger partial charge in [-0.1, -0.05) is 11.3 Å². The zero-order chi connectivity index (χ0) is 13.5. The van der Waals surface area contributed by atoms with Gasteiger partial charge in [0.05, 0.1) is 17.2 Å². The number of hydrogen-bond donors (Lipinski definition) is 1. The first-order valence-corrected chi connectivity index (χ1v) is 8.14. The number of aromatic nitrogens is 1. The number of thiazole rings is 1. The highest BCUT2D eigenvalue weighted by Gasteiger charge is 2.33. The summed E-state index contributed by atoms with van der Waals surface area (Å²) < 4.78 is 22.8. The molecule has 2 N–H and O–H groups in total. The Morgan fingerprint density at radius 1 is 1.56 bits per heavy atom. The Morgan fingerprint density at radius 3 is 2.67 bits per heavy atom. The van der Waals surface area contributed by atoms with Gasteiger partial charge >= 0.3 is 0 Å². The van der Waals surface area contributed by atoms with Crippen LogP contribution >= 0.6 is 11.3 Å². The van der Waals surface area contributed by atoms with E-state index in [4.69, 9.17) is 5.73 Å². The van der Waals surface area contributed by atoms with Crippen molar-refractivity contribution in [3.8, 4) is 0 Å². The number of carbonyl (C=O) groups is 1. The smallest absolute Gasteiger partial charge is 0.265 e. The van der Waals surface area contributed by atoms with E-state index in [2.05, 4.69) is 4.98 Å². The molecule has 1 amide bonds. The number of aryl methyl sites for hydroxylation is 1. The molecule has 18 heavy (non-hydrogen) atoms. The minimum absolute atomic E-state index is 0.0442. The number of nitrogens with zero attached hydrogens (tertiary/aromatic N) is 2. The van der Waals surface area contributed by atoms with E-state index in [1.165, 1.54) is 4.90 Å². The molecule has 0 aliphatic carbocycles. The predicted octanol–water partition coefficient (Wildman–Crippen LogP) is 0.293. The van der Waals surface area contributed by atoms with Crippen molar-refractivity contribution < 1.29 is 13.2 Å². The Balaban J connectivity index is 2.17. The molecule has 1 aromatic rings. The van der Waals surface area contributed by atoms with Crippen molar-refractivity contribution in [2.75, 3.05) is 24.3 Å². The standard InChI is InChI=1S/C10H15N3O3S2/c1-6-8(17-10(11)12-6)9(14)13(2)7-3-4-18(15,16)5-7/h7H,3-5H2,1-2H3,(H2,11,12). The first kappa shape index (κ1) is 13.3. The van der Waals surface area contributed by atoms with E-state index in [1.807, 2.05) is 0 Å². The number of hydrogen-bond acceptors (Lipinski definition) is 6. The summed E-state index contributed by atoms with van der Waals surface area (Å²) in [5.74, 6) is -0.00871. The zero-order valence-corrected chi connectivity index (χ0v) is 11.8. The van der Waals surface area contributed by atoms with Gasteiger partial charge in [0.25, 0.3) is 5.91 Å². The molecule has 6 nitrogen and oxygen atoms in total. The Labute approximate surface area is 110 Å². The number of nitrogen functional groups attached to an aromatic ring is 1. The second kappa shape index (κ2) is 4.51. The van der Waals surface area contributed by atoms with Crippen LogP contribution in [0.3, 0.4) is 0 Å². The molecule has 1 aliphatic heterocycles. The van der Waals surface area contributed by atoms with Crippen LogP contribution in [0.25, 0.3) is 0 Å². The fourth-order valence-corrected chi connectivity index (χ4v) is 4.61. The summed E-state index contributed by atoms with van der Waals surface area (Å²) in [6.45, 7) is 1.72. The maximum absolute atomic E-state index is 12.2. The lowest BCUT2D eigenvalue weighted by atomic mass is 10.2. The van der Waals surface area contributed by atoms with Crippen LogP contribution in [0.5, 0.6) is 0 Å². The van der Waals surface area contributed by atoms with Crippen molar-refractivity contribution in [3.05, 3.63) is 10.6 Å². The number of sulfone groups is 1. The zero-order valence-electron chi connectivity index (χ0n) is 10.2. The summed E-state index contributed by atoms with van der Waals surface area (Å²) in [5, 5.41) is 0.350. The van der Waals surface area contributed by atoms with Crippen LogP contribution in [-0.4, -0.2) is 48.8 Å². The van der Waals surface area contributed by atoms with E-state index in [9.17, 15) is 13.2 Å². The van der Waals surface area contributed by atoms with Crippen LogP contribution in [0.2, 0.25) is 0 Å². The van der Waals surface area contributed by atoms with Gasteiger partial charge < -0.3 is 10.6 Å². The number of rotatable bonds is 2. The Bertz CT molecular complexity index is 579. The van der Waals surface area contributed by atoms with E-state index >= 15 is 0 Å². The van der Waals surface area contributed by atoms with E-state index in [-0.39, 0.29) is 23.5 Å². The molecule has 1 atom stereocenters. The van der Waals surface area contributed by atoms with Gasteiger partial charge in [0, 0.05) is 13.1 Å². The van der Waals surface area contributed by atoms with Crippen molar-refractivity contribution in [3.63, 3.8) is 0 Å². The number of nitrogens with two attached hydrogens (primary N) is 1. The van der Waals surface area contributed by atoms with Gasteiger partial charge in [-0.3, -0.25) is 4.79 Å². The molecule has 1 fully saturated rings. The summed E-state index contributed by atoms with van der Waals surface area (Å²) in [7, 11) is -1.36. The van der Waals surface area contributed by atoms with Gasteiger partial charge in [-0.25, -0.2) is 13.4 Å². The predicted molar refractivity (Wildman–Crippen MR) is 70.4 cm³/mol. The molecule has 0 bridgehead atoms. The topological polar surface area (TPSA) is 93.4 Å². The molecule has 1 saturated heterocycles. The minimum atomic E-state index is -2.99. The summed E-state index contributed by atoms with van der Waals surface area (Å²) in [6, 6.07) is -0.245. The van der Waals surface area contributed by atoms with Crippen LogP contribution in [0.15, 0.2) is 0 Å². The van der Waals surface area contributed by atoms with Gasteiger partial charge in [-0.15, -0.1) is 0 Å². The average Bonchev–Trinajstić information content (AvgIpc) is 2.79. The van der Waals surface area contributed by atoms with Crippen molar-refractivity contribution in [2.24, 2.45) is 0 Å². The van der Waals surface area contributed by atoms with Crippen LogP contribution in [-0.2, 0) is 9.84 Å². The van der Waals surface area contributed by atoms with Crippen LogP contribution < -0.4 is 5.73 Å². The highest BCUT2D eigenvalue weighted by Crippen LogP contribution is 2.24. The van der Waals surface area contributed by atoms with Crippen molar-refractivity contribution in [2.45, 2.75) is 19.4 Å². The number of amides is 1. The molecule has 2 rings (SSSR count). The molecule has 0 radical (unpaired) electrons. The molecule has 8 heteroatoms. The highest BCUT2D eigenvalue weighted by molar-refractivity contribution is 7.91. The summed E-state index contributed by atoms with van der Waals surface area (Å²) in [5.41, 5.74) is 6.15. The van der Waals surface area contributed by atoms with Gasteiger partial charge in [0.15, 0.2) is 15.0 Å². The van der Waals surface area contributed by atoms with Crippen LogP contribution in [0, 0.1) is 6.92 Å². The van der Waals surface area contributed by atoms with E-state index in [0.29, 0.717) is 22.1 Å². The molecule has 2 heterocycles. The molecule has 100 valence electrons. The van der Waals surface area contributed by atoms with Gasteiger partial charge in [0.1, 0.15) is 4.88 Å². The molecule has 1 aliphatic rings. The molecular weight excluding hydrogens is 274 g/mol. The quantitative estimate of drug-likeness (QED) is 0.844. The SMILES string of the molecule is Cc1nc(N)sc1C(=O)N(C)C1CCS(=O)(=O)C1. The monoisotopic (exact) mass is 289 g/mol. The lowest BCUT2D eigenvalue weighted by molar-refractivity contribution is 0.0751. The van der Waals surface area contributed by atoms with Crippen molar-refractivity contribution in [1.29, 1.82) is 0 Å². The third kappa shape index (κ3) is 2.49. The van der Waals surface area contributed by atoms with Crippen molar-refractivity contribution in [1.82, 2.24) is 9.88 Å². The minimum Gasteiger partial charge on any atom is -0.375 e. The third-order valence-corrected chi connectivity index (χ3v) is 5.81. The first-order chi connectivity index (χ1) is 8.30. The molecule has 0 spiro atoms. The molecule has 1 unspecified atom stereocenters. The van der Waals surface area contributed by atoms with Crippen molar-refractivity contribution >= 4 is 32.2 Å². The molecule has 0 aromatic carbocycles. The van der Waals surface area contributed by atoms with E-state index < -0.39 is 9.84 Å². The van der Waals surface area contributed by atoms with Gasteiger partial charge in [-0.2, -0.15) is 0 Å². The van der Waals surface area contributed by atoms with E-state index in [0.717, 1.165) is 11.3 Å². The fraction of sp³-hybridized carbons (Fsp3) is 0.600. The highest BCUT2D eigenvalue weighted by atomic mass is 32.2. The molecule has 1 aromatic heterocycles. The number of carbonyl (C=O) groups excluding carboxylic acids is 1. The fourth-order valence-electron chi connectivity index (χ4n) is 2.02. The number of anilines is 1. The summed E-state index contributed by atoms with van der Waals surface area (Å²) in [6.07, 6.45) is 0.498. The molecule has 0 saturated carbocycles. The largest absolute Gasteiger partial charge is 0.375 e. The lowest BCUT2D eigenvalue weighted by Gasteiger charge is -2.22. The Hall–Kier alpha value is -1.15. The van der Waals surface area contributed by atoms with Crippen LogP contribution in [0.1, 0.15) is 21.8 Å². The Morgan fingerprint density at radius 2 is 2.22 bits per heavy atom. The normalized spacial score (nSPS) is 22.0. The average molecular weight is 289 g/mol. The third-order valence-electron chi connectivity index (χ3n) is 3.08. The van der Waals surface area contributed by atoms with Gasteiger partial charge in [-0.05, 0) is 13.3 Å². The van der Waals surface area contributed by atoms with Crippen LogP contribution in [0.4, 0.5) is 5.13 Å². The van der Waals surface area contributed by atoms with Gasteiger partial charge in [0.2, 0.25) is 0 Å².